The Balaban J connectivity index is 0.000000274. The highest BCUT2D eigenvalue weighted by Crippen LogP contribution is 2.29. The van der Waals surface area contributed by atoms with Crippen LogP contribution < -0.4 is 10.6 Å². The summed E-state index contributed by atoms with van der Waals surface area (Å²) in [5, 5.41) is 5.61. The Kier molecular flexibility index (Phi) is 13.9. The molecule has 3 aromatic rings. The molecule has 3 rings (SSSR count). The third-order valence-corrected chi connectivity index (χ3v) is 4.87. The van der Waals surface area contributed by atoms with E-state index in [1.165, 1.54) is 17.7 Å². The van der Waals surface area contributed by atoms with E-state index >= 15 is 0 Å². The van der Waals surface area contributed by atoms with Crippen molar-refractivity contribution in [3.05, 3.63) is 106 Å². The molecule has 3 aromatic carbocycles. The first-order valence-electron chi connectivity index (χ1n) is 11.1. The lowest BCUT2D eigenvalue weighted by molar-refractivity contribution is -0.137. The van der Waals surface area contributed by atoms with E-state index in [0.29, 0.717) is 42.1 Å². The molecule has 0 aromatic heterocycles. The first kappa shape index (κ1) is 29.7. The van der Waals surface area contributed by atoms with Gasteiger partial charge in [-0.15, -0.1) is 0 Å². The molecule has 0 fully saturated rings. The molecule has 0 spiro atoms. The highest BCUT2D eigenvalue weighted by molar-refractivity contribution is 6.30. The molecule has 0 unspecified atom stereocenters. The van der Waals surface area contributed by atoms with E-state index < -0.39 is 11.7 Å². The van der Waals surface area contributed by atoms with Crippen molar-refractivity contribution < 1.29 is 22.8 Å². The summed E-state index contributed by atoms with van der Waals surface area (Å²) in [6, 6.07) is 22.5. The maximum atomic E-state index is 12.1. The zero-order chi connectivity index (χ0) is 26.1. The molecule has 0 bridgehead atoms. The summed E-state index contributed by atoms with van der Waals surface area (Å²) < 4.78 is 36.3. The summed E-state index contributed by atoms with van der Waals surface area (Å²) >= 11 is 5.73. The van der Waals surface area contributed by atoms with Gasteiger partial charge in [0.15, 0.2) is 0 Å². The molecule has 0 radical (unpaired) electrons. The van der Waals surface area contributed by atoms with Crippen LogP contribution in [-0.2, 0) is 23.8 Å². The second kappa shape index (κ2) is 16.3. The highest BCUT2D eigenvalue weighted by Gasteiger charge is 2.30. The Labute approximate surface area is 209 Å². The van der Waals surface area contributed by atoms with Crippen molar-refractivity contribution in [1.29, 1.82) is 0 Å². The van der Waals surface area contributed by atoms with Gasteiger partial charge in [0.1, 0.15) is 0 Å². The van der Waals surface area contributed by atoms with Crippen LogP contribution in [0.1, 0.15) is 40.9 Å². The molecule has 4 nitrogen and oxygen atoms in total. The summed E-state index contributed by atoms with van der Waals surface area (Å²) in [5.74, 6) is -0.204. The number of hydrogen-bond donors (Lipinski definition) is 2. The van der Waals surface area contributed by atoms with Crippen LogP contribution in [0.3, 0.4) is 0 Å². The summed E-state index contributed by atoms with van der Waals surface area (Å²) in [6.07, 6.45) is -1.86. The molecule has 2 N–H and O–H groups in total. The lowest BCUT2D eigenvalue weighted by atomic mass is 10.1. The molecule has 0 saturated heterocycles. The third-order valence-electron chi connectivity index (χ3n) is 4.64. The minimum absolute atomic E-state index is 0.204. The summed E-state index contributed by atoms with van der Waals surface area (Å²) in [7, 11) is 0. The van der Waals surface area contributed by atoms with Gasteiger partial charge in [0, 0.05) is 23.7 Å². The van der Waals surface area contributed by atoms with Crippen molar-refractivity contribution in [1.82, 2.24) is 10.6 Å². The fourth-order valence-electron chi connectivity index (χ4n) is 2.72. The zero-order valence-electron chi connectivity index (χ0n) is 19.7. The number of carbonyl (C=O) groups is 2. The monoisotopic (exact) mass is 506 g/mol. The van der Waals surface area contributed by atoms with E-state index in [0.717, 1.165) is 12.5 Å². The van der Waals surface area contributed by atoms with Gasteiger partial charge in [0.05, 0.1) is 5.56 Å². The minimum Gasteiger partial charge on any atom is -0.357 e. The molecule has 0 aliphatic rings. The molecule has 0 saturated carbocycles. The summed E-state index contributed by atoms with van der Waals surface area (Å²) in [6.45, 7) is 4.80. The van der Waals surface area contributed by atoms with Crippen molar-refractivity contribution in [2.45, 2.75) is 32.9 Å². The topological polar surface area (TPSA) is 58.2 Å². The molecule has 0 heterocycles. The molecular weight excluding hydrogens is 477 g/mol. The quantitative estimate of drug-likeness (QED) is 0.290. The maximum absolute atomic E-state index is 12.1. The van der Waals surface area contributed by atoms with E-state index in [1.807, 2.05) is 13.0 Å². The van der Waals surface area contributed by atoms with E-state index in [-0.39, 0.29) is 5.91 Å². The SMILES string of the molecule is CCc1cccc(C(F)(F)F)c1.CCc1ccccc1.O=CNCCNC(=O)c1cccc(Cl)c1. The number of amides is 2. The van der Waals surface area contributed by atoms with Gasteiger partial charge in [-0.1, -0.05) is 80.0 Å². The Hall–Kier alpha value is -3.32. The molecule has 0 atom stereocenters. The summed E-state index contributed by atoms with van der Waals surface area (Å²) in [5.41, 5.74) is 2.06. The van der Waals surface area contributed by atoms with Gasteiger partial charge in [0.25, 0.3) is 5.91 Å². The summed E-state index contributed by atoms with van der Waals surface area (Å²) in [4.78, 5) is 21.4. The first-order chi connectivity index (χ1) is 16.7. The van der Waals surface area contributed by atoms with Gasteiger partial charge in [-0.3, -0.25) is 9.59 Å². The fourth-order valence-corrected chi connectivity index (χ4v) is 2.91. The van der Waals surface area contributed by atoms with Gasteiger partial charge in [0.2, 0.25) is 6.41 Å². The Morgan fingerprint density at radius 1 is 0.857 bits per heavy atom. The molecule has 0 aliphatic carbocycles. The predicted octanol–water partition coefficient (Wildman–Crippen LogP) is 6.33. The third kappa shape index (κ3) is 12.6. The van der Waals surface area contributed by atoms with Gasteiger partial charge in [-0.05, 0) is 48.2 Å². The number of halogens is 4. The number of alkyl halides is 3. The van der Waals surface area contributed by atoms with Crippen LogP contribution in [0.5, 0.6) is 0 Å². The molecule has 2 amide bonds. The number of hydrogen-bond acceptors (Lipinski definition) is 2. The first-order valence-corrected chi connectivity index (χ1v) is 11.5. The number of benzene rings is 3. The number of aryl methyl sites for hydroxylation is 2. The van der Waals surface area contributed by atoms with Crippen LogP contribution in [-0.4, -0.2) is 25.4 Å². The highest BCUT2D eigenvalue weighted by atomic mass is 35.5. The number of nitrogens with one attached hydrogen (secondary N) is 2. The number of rotatable bonds is 7. The van der Waals surface area contributed by atoms with Crippen molar-refractivity contribution in [3.63, 3.8) is 0 Å². The van der Waals surface area contributed by atoms with Crippen LogP contribution in [0.4, 0.5) is 13.2 Å². The number of carbonyl (C=O) groups excluding carboxylic acids is 2. The van der Waals surface area contributed by atoms with Gasteiger partial charge < -0.3 is 10.6 Å². The van der Waals surface area contributed by atoms with Crippen LogP contribution in [0.15, 0.2) is 78.9 Å². The van der Waals surface area contributed by atoms with Gasteiger partial charge in [-0.25, -0.2) is 0 Å². The van der Waals surface area contributed by atoms with Crippen molar-refractivity contribution in [2.24, 2.45) is 0 Å². The second-order valence-corrected chi connectivity index (χ2v) is 7.67. The largest absolute Gasteiger partial charge is 0.416 e. The van der Waals surface area contributed by atoms with Crippen LogP contribution in [0.2, 0.25) is 5.02 Å². The van der Waals surface area contributed by atoms with Crippen LogP contribution >= 0.6 is 11.6 Å². The second-order valence-electron chi connectivity index (χ2n) is 7.23. The lowest BCUT2D eigenvalue weighted by Gasteiger charge is -2.06. The van der Waals surface area contributed by atoms with E-state index in [1.54, 1.807) is 30.3 Å². The van der Waals surface area contributed by atoms with E-state index in [9.17, 15) is 22.8 Å². The molecule has 8 heteroatoms. The van der Waals surface area contributed by atoms with E-state index in [4.69, 9.17) is 11.6 Å². The molecular formula is C27H30ClF3N2O2. The maximum Gasteiger partial charge on any atom is 0.416 e. The van der Waals surface area contributed by atoms with Crippen LogP contribution in [0.25, 0.3) is 0 Å². The van der Waals surface area contributed by atoms with Crippen molar-refractivity contribution >= 4 is 23.9 Å². The van der Waals surface area contributed by atoms with Crippen molar-refractivity contribution in [3.8, 4) is 0 Å². The predicted molar refractivity (Wildman–Crippen MR) is 134 cm³/mol. The Bertz CT molecular complexity index is 1030. The Morgan fingerprint density at radius 2 is 1.49 bits per heavy atom. The average Bonchev–Trinajstić information content (AvgIpc) is 2.87. The normalized spacial score (nSPS) is 10.1. The molecule has 0 aliphatic heterocycles. The van der Waals surface area contributed by atoms with Gasteiger partial charge in [-0.2, -0.15) is 13.2 Å². The van der Waals surface area contributed by atoms with Crippen LogP contribution in [0, 0.1) is 0 Å². The standard InChI is InChI=1S/C10H11ClN2O2.C9H9F3.C8H10/c11-9-3-1-2-8(6-9)10(15)13-5-4-12-7-14;1-2-7-4-3-5-8(6-7)9(10,11)12;1-2-8-6-4-3-5-7-8/h1-3,6-7H,4-5H2,(H,12,14)(H,13,15);3-6H,2H2,1H3;3-7H,2H2,1H3. The van der Waals surface area contributed by atoms with E-state index in [2.05, 4.69) is 41.8 Å². The van der Waals surface area contributed by atoms with Gasteiger partial charge >= 0.3 is 6.18 Å². The molecule has 188 valence electrons. The van der Waals surface area contributed by atoms with Crippen molar-refractivity contribution in [2.75, 3.05) is 13.1 Å². The smallest absolute Gasteiger partial charge is 0.357 e. The average molecular weight is 507 g/mol. The lowest BCUT2D eigenvalue weighted by Crippen LogP contribution is -2.31. The zero-order valence-corrected chi connectivity index (χ0v) is 20.5. The molecule has 35 heavy (non-hydrogen) atoms. The Morgan fingerprint density at radius 3 is 2.03 bits per heavy atom. The fraction of sp³-hybridized carbons (Fsp3) is 0.259. The minimum atomic E-state index is -4.22.